The van der Waals surface area contributed by atoms with Crippen molar-refractivity contribution in [2.24, 2.45) is 10.9 Å². The molecule has 1 saturated heterocycles. The minimum atomic E-state index is -4.16. The van der Waals surface area contributed by atoms with E-state index in [0.29, 0.717) is 5.76 Å². The summed E-state index contributed by atoms with van der Waals surface area (Å²) in [6.45, 7) is 9.19. The Hall–Kier alpha value is -2.91. The zero-order valence-electron chi connectivity index (χ0n) is 22.1. The first-order valence-corrected chi connectivity index (χ1v) is 14.8. The van der Waals surface area contributed by atoms with Gasteiger partial charge in [-0.3, -0.25) is 9.71 Å². The van der Waals surface area contributed by atoms with E-state index >= 15 is 0 Å². The number of phenolic OH excluding ortho intramolecular Hbond substituents is 1. The first-order valence-electron chi connectivity index (χ1n) is 11.9. The summed E-state index contributed by atoms with van der Waals surface area (Å²) in [6.07, 6.45) is -1.84. The largest absolute Gasteiger partial charge is 0.504 e. The lowest BCUT2D eigenvalue weighted by Gasteiger charge is -2.34. The van der Waals surface area contributed by atoms with Crippen LogP contribution in [0.15, 0.2) is 49.2 Å². The number of rotatable bonds is 8. The maximum atomic E-state index is 13.2. The maximum Gasteiger partial charge on any atom is 0.266 e. The average Bonchev–Trinajstić information content (AvgIpc) is 3.24. The highest BCUT2D eigenvalue weighted by atomic mass is 32.2. The molecular weight excluding hydrogens is 536 g/mol. The van der Waals surface area contributed by atoms with E-state index in [9.17, 15) is 21.9 Å². The second-order valence-electron chi connectivity index (χ2n) is 9.64. The van der Waals surface area contributed by atoms with E-state index in [4.69, 9.17) is 18.9 Å². The topological polar surface area (TPSA) is 160 Å². The molecular formula is C24H32N4O8S2. The Morgan fingerprint density at radius 1 is 1.18 bits per heavy atom. The molecule has 12 nitrogen and oxygen atoms in total. The van der Waals surface area contributed by atoms with E-state index in [1.807, 2.05) is 33.8 Å². The van der Waals surface area contributed by atoms with Gasteiger partial charge in [0, 0.05) is 14.1 Å². The van der Waals surface area contributed by atoms with Gasteiger partial charge in [0.1, 0.15) is 33.1 Å². The van der Waals surface area contributed by atoms with Crippen LogP contribution in [-0.4, -0.2) is 58.8 Å². The molecule has 38 heavy (non-hydrogen) atoms. The van der Waals surface area contributed by atoms with Crippen molar-refractivity contribution < 1.29 is 35.8 Å². The predicted octanol–water partition coefficient (Wildman–Crippen LogP) is 2.92. The number of furan rings is 1. The number of anilines is 1. The van der Waals surface area contributed by atoms with Crippen LogP contribution >= 0.6 is 0 Å². The molecule has 3 heterocycles. The van der Waals surface area contributed by atoms with Crippen molar-refractivity contribution in [2.45, 2.75) is 58.1 Å². The van der Waals surface area contributed by atoms with E-state index in [1.165, 1.54) is 32.3 Å². The lowest BCUT2D eigenvalue weighted by Crippen LogP contribution is -2.42. The summed E-state index contributed by atoms with van der Waals surface area (Å²) in [5.41, 5.74) is 0.842. The summed E-state index contributed by atoms with van der Waals surface area (Å²) in [7, 11) is -5.48. The van der Waals surface area contributed by atoms with Gasteiger partial charge in [0.05, 0.1) is 5.69 Å². The first kappa shape index (κ1) is 28.1. The molecule has 0 spiro atoms. The molecule has 0 radical (unpaired) electrons. The monoisotopic (exact) mass is 568 g/mol. The molecule has 1 fully saturated rings. The van der Waals surface area contributed by atoms with Crippen molar-refractivity contribution in [3.05, 3.63) is 52.0 Å². The van der Waals surface area contributed by atoms with Gasteiger partial charge in [0.15, 0.2) is 17.9 Å². The summed E-state index contributed by atoms with van der Waals surface area (Å²) < 4.78 is 72.2. The van der Waals surface area contributed by atoms with Crippen LogP contribution in [0.25, 0.3) is 0 Å². The fourth-order valence-electron chi connectivity index (χ4n) is 4.01. The van der Waals surface area contributed by atoms with Gasteiger partial charge in [-0.05, 0) is 50.5 Å². The number of aliphatic imine (C=N–C) groups is 1. The molecule has 208 valence electrons. The number of benzene rings is 1. The number of hydrogen-bond acceptors (Lipinski definition) is 10. The van der Waals surface area contributed by atoms with Gasteiger partial charge in [0.25, 0.3) is 10.0 Å². The Labute approximate surface area is 222 Å². The summed E-state index contributed by atoms with van der Waals surface area (Å²) in [4.78, 5) is 4.08. The van der Waals surface area contributed by atoms with E-state index in [0.717, 1.165) is 15.6 Å². The highest BCUT2D eigenvalue weighted by molar-refractivity contribution is 7.94. The molecule has 2 aliphatic heterocycles. The van der Waals surface area contributed by atoms with Crippen LogP contribution in [0.2, 0.25) is 0 Å². The van der Waals surface area contributed by atoms with Crippen LogP contribution < -0.4 is 10.0 Å². The number of ether oxygens (including phenoxy) is 2. The lowest BCUT2D eigenvalue weighted by atomic mass is 10.0. The number of aryl methyl sites for hydroxylation is 2. The molecule has 4 rings (SSSR count). The van der Waals surface area contributed by atoms with Crippen LogP contribution in [0.4, 0.5) is 5.69 Å². The van der Waals surface area contributed by atoms with Gasteiger partial charge in [-0.25, -0.2) is 21.1 Å². The van der Waals surface area contributed by atoms with Crippen molar-refractivity contribution in [3.8, 4) is 5.75 Å². The number of hydrogen-bond donors (Lipinski definition) is 3. The molecule has 2 aliphatic rings. The second-order valence-corrected chi connectivity index (χ2v) is 13.4. The van der Waals surface area contributed by atoms with Gasteiger partial charge in [0.2, 0.25) is 16.3 Å². The minimum absolute atomic E-state index is 0.0396. The SMILES string of the molecule is Cc1cc([C@H](N=C2NS(=O)(=O)C(C3OC(C)O3)=C2Nc2cccc(S(=O)(=O)N(C)C)c2O)C(C)C)oc1C. The molecule has 1 aromatic heterocycles. The van der Waals surface area contributed by atoms with Gasteiger partial charge >= 0.3 is 0 Å². The molecule has 0 amide bonds. The molecule has 0 bridgehead atoms. The summed E-state index contributed by atoms with van der Waals surface area (Å²) >= 11 is 0. The first-order chi connectivity index (χ1) is 17.6. The van der Waals surface area contributed by atoms with E-state index in [1.54, 1.807) is 6.92 Å². The number of phenols is 1. The van der Waals surface area contributed by atoms with E-state index in [-0.39, 0.29) is 32.9 Å². The number of aromatic hydroxyl groups is 1. The van der Waals surface area contributed by atoms with Crippen LogP contribution in [0, 0.1) is 19.8 Å². The normalized spacial score (nSPS) is 23.1. The fourth-order valence-corrected chi connectivity index (χ4v) is 6.31. The average molecular weight is 569 g/mol. The van der Waals surface area contributed by atoms with Crippen LogP contribution in [0.5, 0.6) is 5.75 Å². The molecule has 14 heteroatoms. The minimum Gasteiger partial charge on any atom is -0.504 e. The Bertz CT molecular complexity index is 1500. The van der Waals surface area contributed by atoms with Crippen LogP contribution in [0.3, 0.4) is 0 Å². The Morgan fingerprint density at radius 3 is 2.37 bits per heavy atom. The third-order valence-corrected chi connectivity index (χ3v) is 9.53. The second kappa shape index (κ2) is 10.0. The number of para-hydroxylation sites is 1. The lowest BCUT2D eigenvalue weighted by molar-refractivity contribution is -0.356. The predicted molar refractivity (Wildman–Crippen MR) is 140 cm³/mol. The summed E-state index contributed by atoms with van der Waals surface area (Å²) in [5, 5.41) is 13.8. The summed E-state index contributed by atoms with van der Waals surface area (Å²) in [5.74, 6) is 0.554. The highest BCUT2D eigenvalue weighted by Gasteiger charge is 2.46. The number of sulfonamides is 2. The standard InChI is InChI=1S/C24H32N4O8S2/c1-12(2)19(17-11-13(3)14(4)34-17)26-23-20(22(37(30,31)27-23)24-35-15(5)36-24)25-16-9-8-10-18(21(16)29)38(32,33)28(6)7/h8-12,15,19,24-25,29H,1-7H3,(H,26,27)/t15?,19-,24?/m1/s1. The van der Waals surface area contributed by atoms with Crippen LogP contribution in [0.1, 0.15) is 43.9 Å². The van der Waals surface area contributed by atoms with Gasteiger partial charge < -0.3 is 24.3 Å². The molecule has 3 N–H and O–H groups in total. The molecule has 1 aromatic carbocycles. The number of nitrogens with one attached hydrogen (secondary N) is 2. The Morgan fingerprint density at radius 2 is 1.84 bits per heavy atom. The fraction of sp³-hybridized carbons (Fsp3) is 0.458. The highest BCUT2D eigenvalue weighted by Crippen LogP contribution is 2.38. The number of amidine groups is 1. The smallest absolute Gasteiger partial charge is 0.266 e. The molecule has 0 saturated carbocycles. The Kier molecular flexibility index (Phi) is 7.40. The molecule has 2 aromatic rings. The van der Waals surface area contributed by atoms with Crippen molar-refractivity contribution in [1.82, 2.24) is 9.03 Å². The molecule has 0 aliphatic carbocycles. The zero-order valence-corrected chi connectivity index (χ0v) is 23.8. The van der Waals surface area contributed by atoms with Crippen LogP contribution in [-0.2, 0) is 29.5 Å². The van der Waals surface area contributed by atoms with Crippen molar-refractivity contribution >= 4 is 31.6 Å². The quantitative estimate of drug-likeness (QED) is 0.407. The van der Waals surface area contributed by atoms with Crippen molar-refractivity contribution in [1.29, 1.82) is 0 Å². The van der Waals surface area contributed by atoms with Crippen molar-refractivity contribution in [2.75, 3.05) is 19.4 Å². The zero-order chi connectivity index (χ0) is 28.2. The third-order valence-electron chi connectivity index (χ3n) is 6.24. The third kappa shape index (κ3) is 5.06. The number of nitrogens with zero attached hydrogens (tertiary/aromatic N) is 2. The van der Waals surface area contributed by atoms with Gasteiger partial charge in [-0.1, -0.05) is 19.9 Å². The van der Waals surface area contributed by atoms with Gasteiger partial charge in [-0.2, -0.15) is 0 Å². The van der Waals surface area contributed by atoms with Crippen molar-refractivity contribution in [3.63, 3.8) is 0 Å². The molecule has 1 atom stereocenters. The summed E-state index contributed by atoms with van der Waals surface area (Å²) in [6, 6.07) is 5.39. The van der Waals surface area contributed by atoms with Gasteiger partial charge in [-0.15, -0.1) is 0 Å². The Balaban J connectivity index is 1.87. The maximum absolute atomic E-state index is 13.2. The van der Waals surface area contributed by atoms with E-state index in [2.05, 4.69) is 10.0 Å². The van der Waals surface area contributed by atoms with E-state index < -0.39 is 44.4 Å². The molecule has 0 unspecified atom stereocenters.